The van der Waals surface area contributed by atoms with E-state index in [-0.39, 0.29) is 5.91 Å². The molecule has 0 atom stereocenters. The minimum atomic E-state index is -0.299. The van der Waals surface area contributed by atoms with Gasteiger partial charge in [-0.2, -0.15) is 10.4 Å². The Morgan fingerprint density at radius 2 is 1.74 bits per heavy atom. The standard InChI is InChI=1S/C24H16Cl2N4O/c25-18-10-9-17(22(26)13-18)15-30-23(11-12-28-30)29-24(31)21-8-4-3-7-20(21)19-6-2-1-5-16(19)14-27/h1-13H,15H2,(H,29,31). The van der Waals surface area contributed by atoms with Crippen molar-refractivity contribution in [2.75, 3.05) is 5.32 Å². The quantitative estimate of drug-likeness (QED) is 0.406. The average molecular weight is 447 g/mol. The predicted molar refractivity (Wildman–Crippen MR) is 122 cm³/mol. The van der Waals surface area contributed by atoms with Crippen LogP contribution in [0.5, 0.6) is 0 Å². The van der Waals surface area contributed by atoms with E-state index >= 15 is 0 Å². The Bertz CT molecular complexity index is 1310. The molecule has 7 heteroatoms. The molecule has 1 aromatic heterocycles. The molecule has 0 spiro atoms. The van der Waals surface area contributed by atoms with Gasteiger partial charge in [-0.3, -0.25) is 4.79 Å². The van der Waals surface area contributed by atoms with Crippen molar-refractivity contribution in [2.45, 2.75) is 6.54 Å². The van der Waals surface area contributed by atoms with Gasteiger partial charge in [-0.1, -0.05) is 65.7 Å². The van der Waals surface area contributed by atoms with E-state index in [0.29, 0.717) is 44.7 Å². The van der Waals surface area contributed by atoms with Crippen LogP contribution in [0, 0.1) is 11.3 Å². The second-order valence-electron chi connectivity index (χ2n) is 6.77. The maximum absolute atomic E-state index is 13.1. The van der Waals surface area contributed by atoms with E-state index in [0.717, 1.165) is 5.56 Å². The summed E-state index contributed by atoms with van der Waals surface area (Å²) in [7, 11) is 0. The van der Waals surface area contributed by atoms with Crippen molar-refractivity contribution in [3.8, 4) is 17.2 Å². The molecule has 0 saturated carbocycles. The van der Waals surface area contributed by atoms with Gasteiger partial charge in [0.2, 0.25) is 0 Å². The molecule has 5 nitrogen and oxygen atoms in total. The number of nitrogens with zero attached hydrogens (tertiary/aromatic N) is 3. The third kappa shape index (κ3) is 4.46. The van der Waals surface area contributed by atoms with Crippen LogP contribution in [0.4, 0.5) is 5.82 Å². The predicted octanol–water partition coefficient (Wildman–Crippen LogP) is 6.03. The van der Waals surface area contributed by atoms with E-state index in [2.05, 4.69) is 16.5 Å². The zero-order valence-electron chi connectivity index (χ0n) is 16.2. The van der Waals surface area contributed by atoms with Gasteiger partial charge in [0.05, 0.1) is 24.4 Å². The zero-order chi connectivity index (χ0) is 21.8. The molecule has 0 aliphatic heterocycles. The molecule has 0 bridgehead atoms. The van der Waals surface area contributed by atoms with Crippen molar-refractivity contribution in [3.05, 3.63) is 106 Å². The summed E-state index contributed by atoms with van der Waals surface area (Å²) in [6.45, 7) is 0.373. The van der Waals surface area contributed by atoms with Gasteiger partial charge in [-0.15, -0.1) is 0 Å². The van der Waals surface area contributed by atoms with Crippen LogP contribution in [0.3, 0.4) is 0 Å². The van der Waals surface area contributed by atoms with Crippen LogP contribution in [0.25, 0.3) is 11.1 Å². The fraction of sp³-hybridized carbons (Fsp3) is 0.0417. The van der Waals surface area contributed by atoms with Gasteiger partial charge in [-0.25, -0.2) is 4.68 Å². The highest BCUT2D eigenvalue weighted by atomic mass is 35.5. The third-order valence-electron chi connectivity index (χ3n) is 4.80. The summed E-state index contributed by atoms with van der Waals surface area (Å²) in [6, 6.07) is 23.5. The lowest BCUT2D eigenvalue weighted by Gasteiger charge is -2.13. The monoisotopic (exact) mass is 446 g/mol. The lowest BCUT2D eigenvalue weighted by Crippen LogP contribution is -2.17. The summed E-state index contributed by atoms with van der Waals surface area (Å²) >= 11 is 12.2. The maximum Gasteiger partial charge on any atom is 0.257 e. The molecule has 0 saturated heterocycles. The van der Waals surface area contributed by atoms with Crippen molar-refractivity contribution in [1.29, 1.82) is 5.26 Å². The van der Waals surface area contributed by atoms with E-state index in [1.54, 1.807) is 53.3 Å². The lowest BCUT2D eigenvalue weighted by molar-refractivity contribution is 0.102. The Kier molecular flexibility index (Phi) is 6.03. The smallest absolute Gasteiger partial charge is 0.257 e. The van der Waals surface area contributed by atoms with Crippen LogP contribution in [-0.4, -0.2) is 15.7 Å². The SMILES string of the molecule is N#Cc1ccccc1-c1ccccc1C(=O)Nc1ccnn1Cc1ccc(Cl)cc1Cl. The van der Waals surface area contributed by atoms with Gasteiger partial charge >= 0.3 is 0 Å². The normalized spacial score (nSPS) is 10.5. The molecule has 4 aromatic rings. The highest BCUT2D eigenvalue weighted by molar-refractivity contribution is 6.35. The van der Waals surface area contributed by atoms with Gasteiger partial charge < -0.3 is 5.32 Å². The topological polar surface area (TPSA) is 70.7 Å². The van der Waals surface area contributed by atoms with Crippen LogP contribution < -0.4 is 5.32 Å². The molecule has 1 heterocycles. The van der Waals surface area contributed by atoms with Crippen molar-refractivity contribution in [3.63, 3.8) is 0 Å². The number of carbonyl (C=O) groups excluding carboxylic acids is 1. The van der Waals surface area contributed by atoms with Crippen LogP contribution >= 0.6 is 23.2 Å². The number of amides is 1. The number of nitriles is 1. The van der Waals surface area contributed by atoms with Crippen LogP contribution in [0.1, 0.15) is 21.5 Å². The first-order valence-corrected chi connectivity index (χ1v) is 10.2. The van der Waals surface area contributed by atoms with E-state index in [1.165, 1.54) is 0 Å². The Balaban J connectivity index is 1.63. The fourth-order valence-electron chi connectivity index (χ4n) is 3.29. The summed E-state index contributed by atoms with van der Waals surface area (Å²) < 4.78 is 1.65. The Morgan fingerprint density at radius 3 is 2.52 bits per heavy atom. The van der Waals surface area contributed by atoms with Gasteiger partial charge in [0.25, 0.3) is 5.91 Å². The highest BCUT2D eigenvalue weighted by Gasteiger charge is 2.16. The number of hydrogen-bond donors (Lipinski definition) is 1. The molecular weight excluding hydrogens is 431 g/mol. The summed E-state index contributed by atoms with van der Waals surface area (Å²) in [5.74, 6) is 0.228. The number of anilines is 1. The summed E-state index contributed by atoms with van der Waals surface area (Å²) in [4.78, 5) is 13.1. The molecular formula is C24H16Cl2N4O. The third-order valence-corrected chi connectivity index (χ3v) is 5.39. The van der Waals surface area contributed by atoms with E-state index < -0.39 is 0 Å². The number of hydrogen-bond acceptors (Lipinski definition) is 3. The molecule has 31 heavy (non-hydrogen) atoms. The molecule has 1 N–H and O–H groups in total. The van der Waals surface area contributed by atoms with E-state index in [4.69, 9.17) is 23.2 Å². The van der Waals surface area contributed by atoms with Gasteiger partial charge in [-0.05, 0) is 35.4 Å². The zero-order valence-corrected chi connectivity index (χ0v) is 17.7. The number of benzene rings is 3. The first-order valence-electron chi connectivity index (χ1n) is 9.42. The van der Waals surface area contributed by atoms with Gasteiger partial charge in [0.15, 0.2) is 0 Å². The summed E-state index contributed by atoms with van der Waals surface area (Å²) in [6.07, 6.45) is 1.61. The molecule has 0 aliphatic rings. The molecule has 0 fully saturated rings. The van der Waals surface area contributed by atoms with E-state index in [9.17, 15) is 10.1 Å². The van der Waals surface area contributed by atoms with Crippen LogP contribution in [0.15, 0.2) is 79.0 Å². The molecule has 3 aromatic carbocycles. The molecule has 152 valence electrons. The maximum atomic E-state index is 13.1. The Hall–Kier alpha value is -3.59. The first kappa shape index (κ1) is 20.7. The number of aromatic nitrogens is 2. The molecule has 0 unspecified atom stereocenters. The largest absolute Gasteiger partial charge is 0.307 e. The lowest BCUT2D eigenvalue weighted by atomic mass is 9.95. The second-order valence-corrected chi connectivity index (χ2v) is 7.61. The summed E-state index contributed by atoms with van der Waals surface area (Å²) in [5.41, 5.74) is 3.18. The fourth-order valence-corrected chi connectivity index (χ4v) is 3.76. The average Bonchev–Trinajstić information content (AvgIpc) is 3.22. The Morgan fingerprint density at radius 1 is 1.00 bits per heavy atom. The van der Waals surface area contributed by atoms with Crippen molar-refractivity contribution < 1.29 is 4.79 Å². The molecule has 0 aliphatic carbocycles. The van der Waals surface area contributed by atoms with Crippen molar-refractivity contribution >= 4 is 34.9 Å². The van der Waals surface area contributed by atoms with Crippen LogP contribution in [-0.2, 0) is 6.54 Å². The van der Waals surface area contributed by atoms with Gasteiger partial charge in [0.1, 0.15) is 5.82 Å². The molecule has 1 amide bonds. The first-order chi connectivity index (χ1) is 15.1. The number of rotatable bonds is 5. The Labute approximate surface area is 189 Å². The van der Waals surface area contributed by atoms with E-state index in [1.807, 2.05) is 30.3 Å². The van der Waals surface area contributed by atoms with Crippen LogP contribution in [0.2, 0.25) is 10.0 Å². The number of nitrogens with one attached hydrogen (secondary N) is 1. The minimum Gasteiger partial charge on any atom is -0.307 e. The number of halogens is 2. The minimum absolute atomic E-state index is 0.299. The second kappa shape index (κ2) is 9.05. The van der Waals surface area contributed by atoms with Crippen molar-refractivity contribution in [1.82, 2.24) is 9.78 Å². The number of carbonyl (C=O) groups is 1. The molecule has 0 radical (unpaired) electrons. The van der Waals surface area contributed by atoms with Gasteiger partial charge in [0, 0.05) is 27.2 Å². The molecule has 4 rings (SSSR count). The summed E-state index contributed by atoms with van der Waals surface area (Å²) in [5, 5.41) is 17.7. The highest BCUT2D eigenvalue weighted by Crippen LogP contribution is 2.28. The van der Waals surface area contributed by atoms with Crippen molar-refractivity contribution in [2.24, 2.45) is 0 Å².